The number of rotatable bonds is 2. The third kappa shape index (κ3) is 3.28. The number of imide groups is 1. The highest BCUT2D eigenvalue weighted by Crippen LogP contribution is 2.39. The number of piperidine rings is 1. The van der Waals surface area contributed by atoms with Crippen LogP contribution in [0.15, 0.2) is 29.2 Å². The van der Waals surface area contributed by atoms with E-state index in [1.807, 2.05) is 0 Å². The Bertz CT molecular complexity index is 516. The minimum absolute atomic E-state index is 0.00417. The van der Waals surface area contributed by atoms with Crippen LogP contribution in [0.5, 0.6) is 0 Å². The van der Waals surface area contributed by atoms with Crippen molar-refractivity contribution in [1.29, 1.82) is 0 Å². The van der Waals surface area contributed by atoms with Crippen molar-refractivity contribution in [2.75, 3.05) is 0 Å². The predicted octanol–water partition coefficient (Wildman–Crippen LogP) is 2.60. The van der Waals surface area contributed by atoms with Gasteiger partial charge in [-0.3, -0.25) is 14.9 Å². The van der Waals surface area contributed by atoms with Crippen LogP contribution in [0.4, 0.5) is 13.2 Å². The summed E-state index contributed by atoms with van der Waals surface area (Å²) < 4.78 is 38.4. The first-order valence-electron chi connectivity index (χ1n) is 5.54. The first kappa shape index (κ1) is 13.9. The number of nitrogens with one attached hydrogen (secondary N) is 1. The van der Waals surface area contributed by atoms with Crippen LogP contribution in [0.25, 0.3) is 0 Å². The van der Waals surface area contributed by atoms with E-state index in [-0.39, 0.29) is 23.6 Å². The minimum Gasteiger partial charge on any atom is -0.295 e. The zero-order chi connectivity index (χ0) is 14.0. The Balaban J connectivity index is 2.20. The average Bonchev–Trinajstić information content (AvgIpc) is 2.32. The number of benzene rings is 1. The molecule has 1 fully saturated rings. The van der Waals surface area contributed by atoms with E-state index < -0.39 is 22.9 Å². The number of hydrogen-bond acceptors (Lipinski definition) is 3. The van der Waals surface area contributed by atoms with Gasteiger partial charge in [-0.2, -0.15) is 13.2 Å². The first-order chi connectivity index (χ1) is 8.88. The summed E-state index contributed by atoms with van der Waals surface area (Å²) in [4.78, 5) is 22.5. The van der Waals surface area contributed by atoms with Crippen LogP contribution >= 0.6 is 11.8 Å². The molecule has 1 aliphatic rings. The molecule has 0 radical (unpaired) electrons. The van der Waals surface area contributed by atoms with E-state index in [2.05, 4.69) is 5.32 Å². The maximum Gasteiger partial charge on any atom is 0.417 e. The van der Waals surface area contributed by atoms with Crippen LogP contribution in [-0.2, 0) is 15.8 Å². The first-order valence-corrected chi connectivity index (χ1v) is 6.42. The number of thioether (sulfide) groups is 1. The minimum atomic E-state index is -4.45. The fraction of sp³-hybridized carbons (Fsp3) is 0.333. The van der Waals surface area contributed by atoms with E-state index in [1.165, 1.54) is 18.2 Å². The molecule has 0 aliphatic carbocycles. The van der Waals surface area contributed by atoms with Gasteiger partial charge >= 0.3 is 6.18 Å². The molecule has 1 heterocycles. The van der Waals surface area contributed by atoms with E-state index >= 15 is 0 Å². The number of carbonyl (C=O) groups is 2. The van der Waals surface area contributed by atoms with Gasteiger partial charge in [-0.05, 0) is 18.6 Å². The molecular weight excluding hydrogens is 279 g/mol. The number of alkyl halides is 3. The van der Waals surface area contributed by atoms with Gasteiger partial charge in [0.25, 0.3) is 0 Å². The van der Waals surface area contributed by atoms with Gasteiger partial charge in [0.2, 0.25) is 11.8 Å². The van der Waals surface area contributed by atoms with E-state index in [9.17, 15) is 22.8 Å². The Labute approximate surface area is 111 Å². The molecule has 7 heteroatoms. The van der Waals surface area contributed by atoms with E-state index in [4.69, 9.17) is 0 Å². The lowest BCUT2D eigenvalue weighted by Gasteiger charge is -2.21. The standard InChI is InChI=1S/C12H10F3NO2S/c13-12(14,15)7-3-1-2-4-8(7)19-9-5-6-10(17)16-11(9)18/h1-4,9H,5-6H2,(H,16,17,18). The molecule has 102 valence electrons. The topological polar surface area (TPSA) is 46.2 Å². The molecular formula is C12H10F3NO2S. The zero-order valence-corrected chi connectivity index (χ0v) is 10.5. The average molecular weight is 289 g/mol. The number of amides is 2. The van der Waals surface area contributed by atoms with Crippen molar-refractivity contribution in [3.05, 3.63) is 29.8 Å². The van der Waals surface area contributed by atoms with Crippen molar-refractivity contribution in [2.45, 2.75) is 29.2 Å². The van der Waals surface area contributed by atoms with Gasteiger partial charge in [0.1, 0.15) is 0 Å². The third-order valence-corrected chi connectivity index (χ3v) is 3.99. The highest BCUT2D eigenvalue weighted by Gasteiger charge is 2.35. The van der Waals surface area contributed by atoms with Gasteiger partial charge in [-0.1, -0.05) is 12.1 Å². The number of hydrogen-bond donors (Lipinski definition) is 1. The molecule has 2 amide bonds. The molecule has 19 heavy (non-hydrogen) atoms. The molecule has 1 saturated heterocycles. The second kappa shape index (κ2) is 5.24. The summed E-state index contributed by atoms with van der Waals surface area (Å²) in [6.45, 7) is 0. The number of halogens is 3. The molecule has 0 saturated carbocycles. The lowest BCUT2D eigenvalue weighted by atomic mass is 10.1. The van der Waals surface area contributed by atoms with Gasteiger partial charge in [-0.15, -0.1) is 11.8 Å². The monoisotopic (exact) mass is 289 g/mol. The summed E-state index contributed by atoms with van der Waals surface area (Å²) in [5.74, 6) is -0.913. The molecule has 1 aromatic carbocycles. The fourth-order valence-corrected chi connectivity index (χ4v) is 2.92. The molecule has 3 nitrogen and oxygen atoms in total. The van der Waals surface area contributed by atoms with Crippen LogP contribution in [0.1, 0.15) is 18.4 Å². The largest absolute Gasteiger partial charge is 0.417 e. The summed E-state index contributed by atoms with van der Waals surface area (Å²) in [6.07, 6.45) is -4.05. The Morgan fingerprint density at radius 3 is 2.53 bits per heavy atom. The normalized spacial score (nSPS) is 20.3. The molecule has 0 aromatic heterocycles. The van der Waals surface area contributed by atoms with Gasteiger partial charge < -0.3 is 0 Å². The van der Waals surface area contributed by atoms with Crippen LogP contribution < -0.4 is 5.32 Å². The summed E-state index contributed by atoms with van der Waals surface area (Å²) in [5.41, 5.74) is -0.760. The Morgan fingerprint density at radius 1 is 1.21 bits per heavy atom. The lowest BCUT2D eigenvalue weighted by molar-refractivity contribution is -0.140. The predicted molar refractivity (Wildman–Crippen MR) is 63.5 cm³/mol. The van der Waals surface area contributed by atoms with Crippen molar-refractivity contribution >= 4 is 23.6 Å². The third-order valence-electron chi connectivity index (χ3n) is 2.65. The fourth-order valence-electron chi connectivity index (χ4n) is 1.74. The van der Waals surface area contributed by atoms with Crippen LogP contribution in [0.2, 0.25) is 0 Å². The van der Waals surface area contributed by atoms with Crippen LogP contribution in [0, 0.1) is 0 Å². The van der Waals surface area contributed by atoms with E-state index in [1.54, 1.807) is 0 Å². The second-order valence-electron chi connectivity index (χ2n) is 4.05. The molecule has 1 aromatic rings. The lowest BCUT2D eigenvalue weighted by Crippen LogP contribution is -2.42. The zero-order valence-electron chi connectivity index (χ0n) is 9.66. The van der Waals surface area contributed by atoms with Crippen molar-refractivity contribution in [2.24, 2.45) is 0 Å². The van der Waals surface area contributed by atoms with Crippen molar-refractivity contribution in [3.63, 3.8) is 0 Å². The van der Waals surface area contributed by atoms with Gasteiger partial charge in [0.05, 0.1) is 10.8 Å². The second-order valence-corrected chi connectivity index (χ2v) is 5.30. The Hall–Kier alpha value is -1.50. The Morgan fingerprint density at radius 2 is 1.89 bits per heavy atom. The molecule has 0 spiro atoms. The Kier molecular flexibility index (Phi) is 3.84. The quantitative estimate of drug-likeness (QED) is 0.851. The maximum atomic E-state index is 12.8. The summed E-state index contributed by atoms with van der Waals surface area (Å²) >= 11 is 0.844. The van der Waals surface area contributed by atoms with Gasteiger partial charge in [-0.25, -0.2) is 0 Å². The molecule has 1 unspecified atom stereocenters. The summed E-state index contributed by atoms with van der Waals surface area (Å²) in [5, 5.41) is 1.46. The van der Waals surface area contributed by atoms with Crippen molar-refractivity contribution in [1.82, 2.24) is 5.32 Å². The van der Waals surface area contributed by atoms with Crippen molar-refractivity contribution < 1.29 is 22.8 Å². The highest BCUT2D eigenvalue weighted by atomic mass is 32.2. The smallest absolute Gasteiger partial charge is 0.295 e. The van der Waals surface area contributed by atoms with Crippen molar-refractivity contribution in [3.8, 4) is 0 Å². The summed E-state index contributed by atoms with van der Waals surface area (Å²) in [6, 6.07) is 5.10. The van der Waals surface area contributed by atoms with Gasteiger partial charge in [0, 0.05) is 11.3 Å². The number of carbonyl (C=O) groups excluding carboxylic acids is 2. The van der Waals surface area contributed by atoms with E-state index in [0.29, 0.717) is 0 Å². The highest BCUT2D eigenvalue weighted by molar-refractivity contribution is 8.00. The molecule has 1 N–H and O–H groups in total. The van der Waals surface area contributed by atoms with Crippen LogP contribution in [-0.4, -0.2) is 17.1 Å². The maximum absolute atomic E-state index is 12.8. The molecule has 0 bridgehead atoms. The van der Waals surface area contributed by atoms with Crippen LogP contribution in [0.3, 0.4) is 0 Å². The van der Waals surface area contributed by atoms with E-state index in [0.717, 1.165) is 17.8 Å². The SMILES string of the molecule is O=C1CCC(Sc2ccccc2C(F)(F)F)C(=O)N1. The molecule has 1 aliphatic heterocycles. The van der Waals surface area contributed by atoms with Gasteiger partial charge in [0.15, 0.2) is 0 Å². The summed E-state index contributed by atoms with van der Waals surface area (Å²) in [7, 11) is 0. The molecule has 1 atom stereocenters. The molecule has 2 rings (SSSR count).